The zero-order valence-electron chi connectivity index (χ0n) is 12.2. The van der Waals surface area contributed by atoms with Crippen molar-refractivity contribution in [2.45, 2.75) is 44.6 Å². The molecule has 1 aliphatic rings. The fourth-order valence-electron chi connectivity index (χ4n) is 2.91. The van der Waals surface area contributed by atoms with Crippen molar-refractivity contribution in [3.8, 4) is 0 Å². The van der Waals surface area contributed by atoms with Crippen LogP contribution in [0.2, 0.25) is 0 Å². The number of rotatable bonds is 4. The van der Waals surface area contributed by atoms with Crippen LogP contribution in [0.5, 0.6) is 0 Å². The van der Waals surface area contributed by atoms with Gasteiger partial charge < -0.3 is 15.6 Å². The third kappa shape index (κ3) is 3.81. The van der Waals surface area contributed by atoms with Gasteiger partial charge in [0.25, 0.3) is 0 Å². The van der Waals surface area contributed by atoms with E-state index in [0.717, 1.165) is 10.3 Å². The Labute approximate surface area is 133 Å². The standard InChI is InChI=1S/C14H23BrN2O2S/c1-9(16)13(11-4-5-12(15)20-11)17-6-10(7-18)19-14(2,3)8-17/h4-5,9-10,13,18H,6-8,16H2,1-3H3. The van der Waals surface area contributed by atoms with Crippen molar-refractivity contribution in [1.82, 2.24) is 4.90 Å². The van der Waals surface area contributed by atoms with Crippen LogP contribution in [0.3, 0.4) is 0 Å². The van der Waals surface area contributed by atoms with E-state index in [1.54, 1.807) is 11.3 Å². The van der Waals surface area contributed by atoms with Crippen LogP contribution in [0.25, 0.3) is 0 Å². The molecule has 0 aromatic carbocycles. The molecular formula is C14H23BrN2O2S. The summed E-state index contributed by atoms with van der Waals surface area (Å²) >= 11 is 5.23. The molecule has 0 spiro atoms. The quantitative estimate of drug-likeness (QED) is 0.862. The van der Waals surface area contributed by atoms with E-state index >= 15 is 0 Å². The monoisotopic (exact) mass is 362 g/mol. The lowest BCUT2D eigenvalue weighted by Crippen LogP contribution is -2.56. The molecule has 4 nitrogen and oxygen atoms in total. The zero-order chi connectivity index (χ0) is 14.9. The van der Waals surface area contributed by atoms with Gasteiger partial charge in [-0.15, -0.1) is 11.3 Å². The van der Waals surface area contributed by atoms with E-state index in [2.05, 4.69) is 46.8 Å². The Morgan fingerprint density at radius 3 is 2.80 bits per heavy atom. The molecule has 1 fully saturated rings. The van der Waals surface area contributed by atoms with E-state index in [-0.39, 0.29) is 30.4 Å². The molecule has 1 saturated heterocycles. The molecule has 0 bridgehead atoms. The van der Waals surface area contributed by atoms with Crippen LogP contribution in [0, 0.1) is 0 Å². The predicted octanol–water partition coefficient (Wildman–Crippen LogP) is 2.37. The first-order chi connectivity index (χ1) is 9.32. The number of nitrogens with zero attached hydrogens (tertiary/aromatic N) is 1. The predicted molar refractivity (Wildman–Crippen MR) is 86.0 cm³/mol. The summed E-state index contributed by atoms with van der Waals surface area (Å²) in [6.45, 7) is 7.72. The fraction of sp³-hybridized carbons (Fsp3) is 0.714. The lowest BCUT2D eigenvalue weighted by Gasteiger charge is -2.46. The third-order valence-corrected chi connectivity index (χ3v) is 5.18. The van der Waals surface area contributed by atoms with Crippen LogP contribution in [0.4, 0.5) is 0 Å². The SMILES string of the molecule is CC(N)C(c1ccc(Br)s1)N1CC(CO)OC(C)(C)C1. The number of hydrogen-bond acceptors (Lipinski definition) is 5. The maximum absolute atomic E-state index is 9.45. The summed E-state index contributed by atoms with van der Waals surface area (Å²) in [6.07, 6.45) is -0.150. The van der Waals surface area contributed by atoms with Crippen LogP contribution >= 0.6 is 27.3 Å². The first kappa shape index (κ1) is 16.4. The highest BCUT2D eigenvalue weighted by Gasteiger charge is 2.38. The van der Waals surface area contributed by atoms with Crippen molar-refractivity contribution in [3.05, 3.63) is 20.8 Å². The van der Waals surface area contributed by atoms with Crippen molar-refractivity contribution in [2.75, 3.05) is 19.7 Å². The van der Waals surface area contributed by atoms with Gasteiger partial charge in [0.05, 0.1) is 28.1 Å². The van der Waals surface area contributed by atoms with Gasteiger partial charge in [0.2, 0.25) is 0 Å². The molecule has 1 aliphatic heterocycles. The highest BCUT2D eigenvalue weighted by molar-refractivity contribution is 9.11. The van der Waals surface area contributed by atoms with Crippen LogP contribution < -0.4 is 5.73 Å². The minimum atomic E-state index is -0.271. The van der Waals surface area contributed by atoms with Crippen molar-refractivity contribution < 1.29 is 9.84 Å². The topological polar surface area (TPSA) is 58.7 Å². The summed E-state index contributed by atoms with van der Waals surface area (Å²) in [4.78, 5) is 3.59. The van der Waals surface area contributed by atoms with Crippen molar-refractivity contribution in [1.29, 1.82) is 0 Å². The maximum Gasteiger partial charge on any atom is 0.0940 e. The van der Waals surface area contributed by atoms with Gasteiger partial charge in [0.1, 0.15) is 0 Å². The minimum absolute atomic E-state index is 0.0220. The molecule has 1 aromatic heterocycles. The maximum atomic E-state index is 9.45. The Bertz CT molecular complexity index is 450. The number of thiophene rings is 1. The molecule has 3 atom stereocenters. The highest BCUT2D eigenvalue weighted by atomic mass is 79.9. The Morgan fingerprint density at radius 1 is 1.60 bits per heavy atom. The molecule has 20 heavy (non-hydrogen) atoms. The molecule has 1 aromatic rings. The summed E-state index contributed by atoms with van der Waals surface area (Å²) in [5.41, 5.74) is 5.96. The second-order valence-corrected chi connectivity index (χ2v) is 8.55. The normalized spacial score (nSPS) is 26.4. The van der Waals surface area contributed by atoms with E-state index in [0.29, 0.717) is 6.54 Å². The molecule has 0 radical (unpaired) electrons. The number of aliphatic hydroxyl groups is 1. The van der Waals surface area contributed by atoms with Crippen LogP contribution in [0.15, 0.2) is 15.9 Å². The number of morpholine rings is 1. The molecule has 2 rings (SSSR count). The number of aliphatic hydroxyl groups excluding tert-OH is 1. The van der Waals surface area contributed by atoms with Gasteiger partial charge in [0, 0.05) is 24.0 Å². The Morgan fingerprint density at radius 2 is 2.30 bits per heavy atom. The summed E-state index contributed by atoms with van der Waals surface area (Å²) in [7, 11) is 0. The molecule has 2 heterocycles. The van der Waals surface area contributed by atoms with Gasteiger partial charge in [-0.05, 0) is 48.8 Å². The smallest absolute Gasteiger partial charge is 0.0940 e. The lowest BCUT2D eigenvalue weighted by molar-refractivity contribution is -0.158. The summed E-state index contributed by atoms with van der Waals surface area (Å²) < 4.78 is 7.00. The second-order valence-electron chi connectivity index (χ2n) is 6.06. The first-order valence-electron chi connectivity index (χ1n) is 6.86. The molecule has 3 N–H and O–H groups in total. The molecule has 114 valence electrons. The van der Waals surface area contributed by atoms with Gasteiger partial charge in [-0.3, -0.25) is 4.90 Å². The van der Waals surface area contributed by atoms with Gasteiger partial charge in [-0.1, -0.05) is 0 Å². The average Bonchev–Trinajstić information content (AvgIpc) is 2.73. The summed E-state index contributed by atoms with van der Waals surface area (Å²) in [5, 5.41) is 9.45. The molecular weight excluding hydrogens is 340 g/mol. The molecule has 0 aliphatic carbocycles. The van der Waals surface area contributed by atoms with Crippen molar-refractivity contribution in [2.24, 2.45) is 5.73 Å². The summed E-state index contributed by atoms with van der Waals surface area (Å²) in [5.74, 6) is 0. The van der Waals surface area contributed by atoms with E-state index in [1.807, 2.05) is 6.92 Å². The molecule has 6 heteroatoms. The van der Waals surface area contributed by atoms with Crippen LogP contribution in [-0.4, -0.2) is 47.4 Å². The van der Waals surface area contributed by atoms with E-state index in [1.165, 1.54) is 4.88 Å². The Hall–Kier alpha value is 0.0200. The third-order valence-electron chi connectivity index (χ3n) is 3.49. The van der Waals surface area contributed by atoms with Gasteiger partial charge in [0.15, 0.2) is 0 Å². The highest BCUT2D eigenvalue weighted by Crippen LogP contribution is 2.35. The largest absolute Gasteiger partial charge is 0.394 e. The Balaban J connectivity index is 2.24. The number of hydrogen-bond donors (Lipinski definition) is 2. The van der Waals surface area contributed by atoms with Gasteiger partial charge in [-0.25, -0.2) is 0 Å². The molecule has 0 saturated carbocycles. The summed E-state index contributed by atoms with van der Waals surface area (Å²) in [6, 6.07) is 4.36. The molecule has 3 unspecified atom stereocenters. The number of nitrogens with two attached hydrogens (primary N) is 1. The second kappa shape index (κ2) is 6.42. The zero-order valence-corrected chi connectivity index (χ0v) is 14.6. The van der Waals surface area contributed by atoms with E-state index in [9.17, 15) is 5.11 Å². The van der Waals surface area contributed by atoms with Crippen molar-refractivity contribution in [3.63, 3.8) is 0 Å². The van der Waals surface area contributed by atoms with E-state index < -0.39 is 0 Å². The van der Waals surface area contributed by atoms with Gasteiger partial charge >= 0.3 is 0 Å². The fourth-order valence-corrected chi connectivity index (χ4v) is 4.58. The van der Waals surface area contributed by atoms with E-state index in [4.69, 9.17) is 10.5 Å². The first-order valence-corrected chi connectivity index (χ1v) is 8.47. The van der Waals surface area contributed by atoms with Crippen LogP contribution in [-0.2, 0) is 4.74 Å². The lowest BCUT2D eigenvalue weighted by atomic mass is 9.99. The number of ether oxygens (including phenoxy) is 1. The van der Waals surface area contributed by atoms with Crippen molar-refractivity contribution >= 4 is 27.3 Å². The Kier molecular flexibility index (Phi) is 5.26. The molecule has 0 amide bonds. The van der Waals surface area contributed by atoms with Gasteiger partial charge in [-0.2, -0.15) is 0 Å². The number of halogens is 1. The van der Waals surface area contributed by atoms with Crippen LogP contribution in [0.1, 0.15) is 31.7 Å². The minimum Gasteiger partial charge on any atom is -0.394 e. The average molecular weight is 363 g/mol.